The highest BCUT2D eigenvalue weighted by molar-refractivity contribution is 5.72. The zero-order valence-electron chi connectivity index (χ0n) is 8.98. The summed E-state index contributed by atoms with van der Waals surface area (Å²) in [6.45, 7) is 0.598. The monoisotopic (exact) mass is 211 g/mol. The van der Waals surface area contributed by atoms with Gasteiger partial charge in [0.15, 0.2) is 0 Å². The minimum absolute atomic E-state index is 0.598. The molecule has 2 aromatic rings. The Kier molecular flexibility index (Phi) is 2.18. The molecule has 3 nitrogen and oxygen atoms in total. The van der Waals surface area contributed by atoms with Gasteiger partial charge in [-0.15, -0.1) is 0 Å². The Balaban J connectivity index is 2.11. The number of nitrogens with zero attached hydrogens (tertiary/aromatic N) is 2. The van der Waals surface area contributed by atoms with E-state index in [1.54, 1.807) is 0 Å². The van der Waals surface area contributed by atoms with E-state index in [1.807, 2.05) is 6.20 Å². The van der Waals surface area contributed by atoms with Crippen LogP contribution in [-0.4, -0.2) is 16.5 Å². The third-order valence-corrected chi connectivity index (χ3v) is 2.94. The molecule has 0 radical (unpaired) electrons. The third-order valence-electron chi connectivity index (χ3n) is 2.94. The predicted molar refractivity (Wildman–Crippen MR) is 63.0 cm³/mol. The van der Waals surface area contributed by atoms with Crippen LogP contribution in [0, 0.1) is 0 Å². The maximum atomic E-state index is 5.52. The van der Waals surface area contributed by atoms with Crippen LogP contribution in [0.15, 0.2) is 30.5 Å². The lowest BCUT2D eigenvalue weighted by Gasteiger charge is -2.02. The molecule has 0 atom stereocenters. The van der Waals surface area contributed by atoms with Crippen molar-refractivity contribution in [1.29, 1.82) is 0 Å². The van der Waals surface area contributed by atoms with Crippen molar-refractivity contribution in [2.75, 3.05) is 6.54 Å². The summed E-state index contributed by atoms with van der Waals surface area (Å²) in [5.41, 5.74) is 10.4. The first kappa shape index (κ1) is 9.48. The summed E-state index contributed by atoms with van der Waals surface area (Å²) in [4.78, 5) is 8.93. The van der Waals surface area contributed by atoms with Crippen molar-refractivity contribution in [3.8, 4) is 11.3 Å². The summed E-state index contributed by atoms with van der Waals surface area (Å²) in [6, 6.07) is 8.40. The van der Waals surface area contributed by atoms with E-state index >= 15 is 0 Å². The van der Waals surface area contributed by atoms with Crippen molar-refractivity contribution in [3.05, 3.63) is 47.4 Å². The van der Waals surface area contributed by atoms with Gasteiger partial charge in [-0.1, -0.05) is 24.3 Å². The van der Waals surface area contributed by atoms with Crippen molar-refractivity contribution in [1.82, 2.24) is 9.97 Å². The molecule has 0 unspecified atom stereocenters. The first-order chi connectivity index (χ1) is 7.88. The Labute approximate surface area is 94.4 Å². The molecule has 2 N–H and O–H groups in total. The number of rotatable bonds is 2. The van der Waals surface area contributed by atoms with Gasteiger partial charge in [0, 0.05) is 30.2 Å². The lowest BCUT2D eigenvalue weighted by Crippen LogP contribution is -2.07. The van der Waals surface area contributed by atoms with Gasteiger partial charge in [0.25, 0.3) is 0 Å². The lowest BCUT2D eigenvalue weighted by atomic mass is 10.1. The van der Waals surface area contributed by atoms with Crippen molar-refractivity contribution in [3.63, 3.8) is 0 Å². The minimum atomic E-state index is 0.598. The van der Waals surface area contributed by atoms with Gasteiger partial charge in [-0.25, -0.2) is 9.97 Å². The van der Waals surface area contributed by atoms with Crippen LogP contribution in [0.5, 0.6) is 0 Å². The molecule has 1 aromatic carbocycles. The average molecular weight is 211 g/mol. The van der Waals surface area contributed by atoms with Crippen molar-refractivity contribution >= 4 is 0 Å². The maximum absolute atomic E-state index is 5.52. The van der Waals surface area contributed by atoms with E-state index in [4.69, 9.17) is 5.73 Å². The number of aromatic nitrogens is 2. The van der Waals surface area contributed by atoms with Crippen molar-refractivity contribution in [2.24, 2.45) is 5.73 Å². The molecule has 1 aliphatic rings. The van der Waals surface area contributed by atoms with E-state index in [0.29, 0.717) is 6.54 Å². The van der Waals surface area contributed by atoms with Gasteiger partial charge in [-0.2, -0.15) is 0 Å². The second kappa shape index (κ2) is 3.68. The molecule has 3 rings (SSSR count). The quantitative estimate of drug-likeness (QED) is 0.699. The van der Waals surface area contributed by atoms with E-state index in [2.05, 4.69) is 34.2 Å². The molecular formula is C13H13N3. The maximum Gasteiger partial charge on any atom is 0.130 e. The SMILES string of the molecule is NCCc1ncc2c(n1)-c1ccccc1C2. The summed E-state index contributed by atoms with van der Waals surface area (Å²) in [5.74, 6) is 0.845. The van der Waals surface area contributed by atoms with Gasteiger partial charge in [0.1, 0.15) is 5.82 Å². The number of hydrogen-bond donors (Lipinski definition) is 1. The number of fused-ring (bicyclic) bond motifs is 3. The van der Waals surface area contributed by atoms with E-state index < -0.39 is 0 Å². The second-order valence-corrected chi connectivity index (χ2v) is 4.03. The summed E-state index contributed by atoms with van der Waals surface area (Å²) < 4.78 is 0. The molecule has 0 fully saturated rings. The number of hydrogen-bond acceptors (Lipinski definition) is 3. The van der Waals surface area contributed by atoms with Crippen LogP contribution in [0.3, 0.4) is 0 Å². The zero-order valence-corrected chi connectivity index (χ0v) is 8.98. The molecular weight excluding hydrogens is 198 g/mol. The zero-order chi connectivity index (χ0) is 11.0. The van der Waals surface area contributed by atoms with Gasteiger partial charge < -0.3 is 5.73 Å². The van der Waals surface area contributed by atoms with Crippen LogP contribution in [0.25, 0.3) is 11.3 Å². The second-order valence-electron chi connectivity index (χ2n) is 4.03. The average Bonchev–Trinajstić information content (AvgIpc) is 2.68. The van der Waals surface area contributed by atoms with Crippen LogP contribution in [0.2, 0.25) is 0 Å². The topological polar surface area (TPSA) is 51.8 Å². The van der Waals surface area contributed by atoms with E-state index in [-0.39, 0.29) is 0 Å². The van der Waals surface area contributed by atoms with Crippen LogP contribution < -0.4 is 5.73 Å². The molecule has 1 aromatic heterocycles. The molecule has 16 heavy (non-hydrogen) atoms. The van der Waals surface area contributed by atoms with Crippen LogP contribution >= 0.6 is 0 Å². The molecule has 0 spiro atoms. The first-order valence-electron chi connectivity index (χ1n) is 5.51. The molecule has 3 heteroatoms. The molecule has 0 bridgehead atoms. The fourth-order valence-corrected chi connectivity index (χ4v) is 2.17. The van der Waals surface area contributed by atoms with Gasteiger partial charge in [0.2, 0.25) is 0 Å². The van der Waals surface area contributed by atoms with Gasteiger partial charge in [-0.05, 0) is 12.1 Å². The standard InChI is InChI=1S/C13H13N3/c14-6-5-12-15-8-10-7-9-3-1-2-4-11(9)13(10)16-12/h1-4,8H,5-7,14H2. The molecule has 1 aliphatic carbocycles. The summed E-state index contributed by atoms with van der Waals surface area (Å²) in [6.07, 6.45) is 3.64. The molecule has 0 aliphatic heterocycles. The Morgan fingerprint density at radius 3 is 2.94 bits per heavy atom. The highest BCUT2D eigenvalue weighted by Gasteiger charge is 2.19. The van der Waals surface area contributed by atoms with Crippen molar-refractivity contribution in [2.45, 2.75) is 12.8 Å². The molecule has 0 saturated carbocycles. The number of benzene rings is 1. The van der Waals surface area contributed by atoms with Gasteiger partial charge in [0.05, 0.1) is 5.69 Å². The Bertz CT molecular complexity index is 534. The predicted octanol–water partition coefficient (Wildman–Crippen LogP) is 1.55. The van der Waals surface area contributed by atoms with E-state index in [1.165, 1.54) is 16.7 Å². The van der Waals surface area contributed by atoms with Crippen molar-refractivity contribution < 1.29 is 0 Å². The molecule has 80 valence electrons. The van der Waals surface area contributed by atoms with E-state index in [9.17, 15) is 0 Å². The Morgan fingerprint density at radius 1 is 1.19 bits per heavy atom. The lowest BCUT2D eigenvalue weighted by molar-refractivity contribution is 0.865. The summed E-state index contributed by atoms with van der Waals surface area (Å²) in [5, 5.41) is 0. The largest absolute Gasteiger partial charge is 0.330 e. The van der Waals surface area contributed by atoms with Gasteiger partial charge in [-0.3, -0.25) is 0 Å². The third kappa shape index (κ3) is 1.41. The number of nitrogens with two attached hydrogens (primary N) is 1. The first-order valence-corrected chi connectivity index (χ1v) is 5.51. The van der Waals surface area contributed by atoms with Crippen LogP contribution in [0.1, 0.15) is 17.0 Å². The van der Waals surface area contributed by atoms with E-state index in [0.717, 1.165) is 24.4 Å². The van der Waals surface area contributed by atoms with Crippen LogP contribution in [-0.2, 0) is 12.8 Å². The fraction of sp³-hybridized carbons (Fsp3) is 0.231. The normalized spacial score (nSPS) is 12.3. The Morgan fingerprint density at radius 2 is 2.06 bits per heavy atom. The van der Waals surface area contributed by atoms with Gasteiger partial charge >= 0.3 is 0 Å². The highest BCUT2D eigenvalue weighted by atomic mass is 14.9. The fourth-order valence-electron chi connectivity index (χ4n) is 2.17. The summed E-state index contributed by atoms with van der Waals surface area (Å²) in [7, 11) is 0. The molecule has 1 heterocycles. The summed E-state index contributed by atoms with van der Waals surface area (Å²) >= 11 is 0. The van der Waals surface area contributed by atoms with Crippen LogP contribution in [0.4, 0.5) is 0 Å². The Hall–Kier alpha value is -1.74. The molecule has 0 amide bonds. The smallest absolute Gasteiger partial charge is 0.130 e. The minimum Gasteiger partial charge on any atom is -0.330 e. The highest BCUT2D eigenvalue weighted by Crippen LogP contribution is 2.34. The molecule has 0 saturated heterocycles.